The fraction of sp³-hybridized carbons (Fsp3) is 0.333. The number of ether oxygens (including phenoxy) is 1. The average molecular weight is 341 g/mol. The SMILES string of the molecule is COC(=O)Nc1ccc(Nc2ccc(N3CCN(C)CC3)cc2)cn1. The second-order valence-corrected chi connectivity index (χ2v) is 6.01. The summed E-state index contributed by atoms with van der Waals surface area (Å²) in [4.78, 5) is 20.1. The first-order chi connectivity index (χ1) is 12.1. The maximum atomic E-state index is 11.1. The fourth-order valence-electron chi connectivity index (χ4n) is 2.68. The number of likely N-dealkylation sites (N-methyl/N-ethyl adjacent to an activating group) is 1. The molecule has 0 saturated carbocycles. The van der Waals surface area contributed by atoms with Crippen molar-refractivity contribution in [2.75, 3.05) is 55.9 Å². The van der Waals surface area contributed by atoms with E-state index >= 15 is 0 Å². The number of benzene rings is 1. The Balaban J connectivity index is 1.58. The molecule has 0 bridgehead atoms. The molecule has 1 aromatic heterocycles. The third kappa shape index (κ3) is 4.60. The maximum absolute atomic E-state index is 11.1. The van der Waals surface area contributed by atoms with Crippen LogP contribution in [0.3, 0.4) is 0 Å². The number of hydrogen-bond acceptors (Lipinski definition) is 6. The minimum atomic E-state index is -0.535. The summed E-state index contributed by atoms with van der Waals surface area (Å²) in [6.45, 7) is 4.30. The zero-order valence-electron chi connectivity index (χ0n) is 14.5. The maximum Gasteiger partial charge on any atom is 0.412 e. The van der Waals surface area contributed by atoms with E-state index in [1.165, 1.54) is 12.8 Å². The summed E-state index contributed by atoms with van der Waals surface area (Å²) in [7, 11) is 3.47. The van der Waals surface area contributed by atoms with Gasteiger partial charge in [-0.05, 0) is 43.4 Å². The van der Waals surface area contributed by atoms with E-state index in [9.17, 15) is 4.79 Å². The predicted molar refractivity (Wildman–Crippen MR) is 99.7 cm³/mol. The predicted octanol–water partition coefficient (Wildman–Crippen LogP) is 2.76. The molecular formula is C18H23N5O2. The summed E-state index contributed by atoms with van der Waals surface area (Å²) in [6, 6.07) is 12.0. The molecule has 2 heterocycles. The van der Waals surface area contributed by atoms with Crippen LogP contribution in [0.5, 0.6) is 0 Å². The number of nitrogens with zero attached hydrogens (tertiary/aromatic N) is 3. The number of anilines is 4. The zero-order chi connectivity index (χ0) is 17.6. The summed E-state index contributed by atoms with van der Waals surface area (Å²) in [6.07, 6.45) is 1.13. The number of carbonyl (C=O) groups is 1. The smallest absolute Gasteiger partial charge is 0.412 e. The van der Waals surface area contributed by atoms with Crippen molar-refractivity contribution in [2.45, 2.75) is 0 Å². The lowest BCUT2D eigenvalue weighted by molar-refractivity contribution is 0.187. The van der Waals surface area contributed by atoms with Gasteiger partial charge >= 0.3 is 6.09 Å². The molecule has 1 saturated heterocycles. The summed E-state index contributed by atoms with van der Waals surface area (Å²) < 4.78 is 4.53. The second kappa shape index (κ2) is 7.85. The van der Waals surface area contributed by atoms with E-state index in [1.54, 1.807) is 12.3 Å². The van der Waals surface area contributed by atoms with Gasteiger partial charge in [-0.15, -0.1) is 0 Å². The third-order valence-corrected chi connectivity index (χ3v) is 4.20. The van der Waals surface area contributed by atoms with Gasteiger partial charge in [0.1, 0.15) is 5.82 Å². The Morgan fingerprint density at radius 2 is 1.72 bits per heavy atom. The van der Waals surface area contributed by atoms with Crippen molar-refractivity contribution in [2.24, 2.45) is 0 Å². The molecular weight excluding hydrogens is 318 g/mol. The molecule has 7 nitrogen and oxygen atoms in total. The van der Waals surface area contributed by atoms with E-state index in [1.807, 2.05) is 6.07 Å². The van der Waals surface area contributed by atoms with E-state index in [0.717, 1.165) is 37.6 Å². The lowest BCUT2D eigenvalue weighted by Gasteiger charge is -2.34. The standard InChI is InChI=1S/C18H23N5O2/c1-22-9-11-23(12-10-22)16-6-3-14(4-7-16)20-15-5-8-17(19-13-15)21-18(24)25-2/h3-8,13,20H,9-12H2,1-2H3,(H,19,21,24). The van der Waals surface area contributed by atoms with Crippen molar-refractivity contribution in [3.05, 3.63) is 42.6 Å². The minimum absolute atomic E-state index is 0.447. The van der Waals surface area contributed by atoms with E-state index in [4.69, 9.17) is 0 Å². The molecule has 1 aromatic carbocycles. The molecule has 132 valence electrons. The quantitative estimate of drug-likeness (QED) is 0.891. The summed E-state index contributed by atoms with van der Waals surface area (Å²) in [5.74, 6) is 0.447. The number of rotatable bonds is 4. The Bertz CT molecular complexity index is 694. The molecule has 1 amide bonds. The van der Waals surface area contributed by atoms with Gasteiger partial charge in [0.05, 0.1) is 19.0 Å². The molecule has 1 aliphatic heterocycles. The highest BCUT2D eigenvalue weighted by molar-refractivity contribution is 5.83. The van der Waals surface area contributed by atoms with Gasteiger partial charge in [-0.25, -0.2) is 9.78 Å². The number of amides is 1. The number of piperazine rings is 1. The highest BCUT2D eigenvalue weighted by Crippen LogP contribution is 2.22. The van der Waals surface area contributed by atoms with Gasteiger partial charge in [-0.2, -0.15) is 0 Å². The van der Waals surface area contributed by atoms with Crippen LogP contribution >= 0.6 is 0 Å². The van der Waals surface area contributed by atoms with E-state index in [-0.39, 0.29) is 0 Å². The van der Waals surface area contributed by atoms with Gasteiger partial charge in [0.25, 0.3) is 0 Å². The number of aromatic nitrogens is 1. The molecule has 1 fully saturated rings. The lowest BCUT2D eigenvalue weighted by atomic mass is 10.2. The summed E-state index contributed by atoms with van der Waals surface area (Å²) >= 11 is 0. The molecule has 2 N–H and O–H groups in total. The molecule has 2 aromatic rings. The van der Waals surface area contributed by atoms with Gasteiger partial charge in [0.2, 0.25) is 0 Å². The number of hydrogen-bond donors (Lipinski definition) is 2. The second-order valence-electron chi connectivity index (χ2n) is 6.01. The topological polar surface area (TPSA) is 69.7 Å². The average Bonchev–Trinajstić information content (AvgIpc) is 2.64. The van der Waals surface area contributed by atoms with Gasteiger partial charge < -0.3 is 19.9 Å². The van der Waals surface area contributed by atoms with Crippen LogP contribution in [0.25, 0.3) is 0 Å². The van der Waals surface area contributed by atoms with Gasteiger partial charge in [0.15, 0.2) is 0 Å². The molecule has 0 spiro atoms. The number of carbonyl (C=O) groups excluding carboxylic acids is 1. The van der Waals surface area contributed by atoms with Gasteiger partial charge in [0, 0.05) is 37.6 Å². The first-order valence-electron chi connectivity index (χ1n) is 8.25. The fourth-order valence-corrected chi connectivity index (χ4v) is 2.68. The highest BCUT2D eigenvalue weighted by atomic mass is 16.5. The van der Waals surface area contributed by atoms with Crippen LogP contribution in [-0.2, 0) is 4.74 Å². The Labute approximate surface area is 147 Å². The molecule has 1 aliphatic rings. The van der Waals surface area contributed by atoms with E-state index < -0.39 is 6.09 Å². The highest BCUT2D eigenvalue weighted by Gasteiger charge is 2.13. The first kappa shape index (κ1) is 17.0. The van der Waals surface area contributed by atoms with Crippen molar-refractivity contribution in [3.8, 4) is 0 Å². The zero-order valence-corrected chi connectivity index (χ0v) is 14.5. The third-order valence-electron chi connectivity index (χ3n) is 4.20. The Hall–Kier alpha value is -2.80. The van der Waals surface area contributed by atoms with Crippen molar-refractivity contribution < 1.29 is 9.53 Å². The minimum Gasteiger partial charge on any atom is -0.453 e. The molecule has 0 atom stereocenters. The molecule has 25 heavy (non-hydrogen) atoms. The normalized spacial score (nSPS) is 14.9. The molecule has 7 heteroatoms. The lowest BCUT2D eigenvalue weighted by Crippen LogP contribution is -2.44. The summed E-state index contributed by atoms with van der Waals surface area (Å²) in [5.41, 5.74) is 3.09. The first-order valence-corrected chi connectivity index (χ1v) is 8.25. The van der Waals surface area contributed by atoms with Gasteiger partial charge in [-0.1, -0.05) is 0 Å². The summed E-state index contributed by atoms with van der Waals surface area (Å²) in [5, 5.41) is 5.82. The van der Waals surface area contributed by atoms with Crippen LogP contribution in [0, 0.1) is 0 Å². The van der Waals surface area contributed by atoms with Crippen LogP contribution in [-0.4, -0.2) is 56.3 Å². The molecule has 0 aliphatic carbocycles. The number of pyridine rings is 1. The molecule has 0 unspecified atom stereocenters. The van der Waals surface area contributed by atoms with Crippen LogP contribution in [0.15, 0.2) is 42.6 Å². The van der Waals surface area contributed by atoms with Crippen molar-refractivity contribution in [1.82, 2.24) is 9.88 Å². The molecule has 0 radical (unpaired) electrons. The number of methoxy groups -OCH3 is 1. The van der Waals surface area contributed by atoms with E-state index in [0.29, 0.717) is 5.82 Å². The van der Waals surface area contributed by atoms with Crippen molar-refractivity contribution >= 4 is 29.0 Å². The van der Waals surface area contributed by atoms with Crippen LogP contribution < -0.4 is 15.5 Å². The number of nitrogens with one attached hydrogen (secondary N) is 2. The monoisotopic (exact) mass is 341 g/mol. The Morgan fingerprint density at radius 1 is 1.04 bits per heavy atom. The Morgan fingerprint density at radius 3 is 2.32 bits per heavy atom. The van der Waals surface area contributed by atoms with Crippen molar-refractivity contribution in [1.29, 1.82) is 0 Å². The van der Waals surface area contributed by atoms with Crippen LogP contribution in [0.4, 0.5) is 27.7 Å². The van der Waals surface area contributed by atoms with Crippen molar-refractivity contribution in [3.63, 3.8) is 0 Å². The van der Waals surface area contributed by atoms with Crippen LogP contribution in [0.1, 0.15) is 0 Å². The largest absolute Gasteiger partial charge is 0.453 e. The Kier molecular flexibility index (Phi) is 5.35. The van der Waals surface area contributed by atoms with E-state index in [2.05, 4.69) is 61.5 Å². The van der Waals surface area contributed by atoms with Gasteiger partial charge in [-0.3, -0.25) is 5.32 Å². The van der Waals surface area contributed by atoms with Crippen LogP contribution in [0.2, 0.25) is 0 Å². The molecule has 3 rings (SSSR count).